The lowest BCUT2D eigenvalue weighted by Crippen LogP contribution is -2.30. The van der Waals surface area contributed by atoms with E-state index in [1.54, 1.807) is 0 Å². The number of rotatable bonds is 3. The molecule has 1 spiro atoms. The highest BCUT2D eigenvalue weighted by molar-refractivity contribution is 5.94. The molecule has 2 aromatic rings. The van der Waals surface area contributed by atoms with Gasteiger partial charge in [0.2, 0.25) is 0 Å². The van der Waals surface area contributed by atoms with Crippen LogP contribution >= 0.6 is 0 Å². The van der Waals surface area contributed by atoms with E-state index in [-0.39, 0.29) is 36.5 Å². The molecule has 0 radical (unpaired) electrons. The van der Waals surface area contributed by atoms with Crippen molar-refractivity contribution in [2.24, 2.45) is 11.3 Å². The zero-order valence-electron chi connectivity index (χ0n) is 13.5. The molecule has 1 aromatic heterocycles. The topological polar surface area (TPSA) is 73.7 Å². The van der Waals surface area contributed by atoms with Crippen LogP contribution in [0.3, 0.4) is 0 Å². The Morgan fingerprint density at radius 3 is 2.76 bits per heavy atom. The highest BCUT2D eigenvalue weighted by atomic mass is 19.1. The predicted octanol–water partition coefficient (Wildman–Crippen LogP) is 1.43. The maximum atomic E-state index is 13.3. The van der Waals surface area contributed by atoms with Crippen molar-refractivity contribution in [3.63, 3.8) is 0 Å². The molecule has 5 nitrogen and oxygen atoms in total. The predicted molar refractivity (Wildman–Crippen MR) is 88.3 cm³/mol. The van der Waals surface area contributed by atoms with Crippen molar-refractivity contribution in [2.75, 3.05) is 19.7 Å². The van der Waals surface area contributed by atoms with Crippen molar-refractivity contribution in [1.82, 2.24) is 9.88 Å². The largest absolute Gasteiger partial charge is 0.396 e. The van der Waals surface area contributed by atoms with E-state index in [0.717, 1.165) is 17.8 Å². The molecule has 1 aliphatic carbocycles. The van der Waals surface area contributed by atoms with Gasteiger partial charge < -0.3 is 15.1 Å². The van der Waals surface area contributed by atoms with Crippen LogP contribution in [-0.2, 0) is 0 Å². The SMILES string of the molecule is O=C(c1cncc(F)c1)N1C[C@@H](O)[C@@]2(C1)[C@H](CO)[C@H]2c1ccccc1. The summed E-state index contributed by atoms with van der Waals surface area (Å²) in [5, 5.41) is 20.5. The molecule has 0 unspecified atom stereocenters. The number of aliphatic hydroxyl groups excluding tert-OH is 2. The first-order valence-corrected chi connectivity index (χ1v) is 8.31. The second-order valence-corrected chi connectivity index (χ2v) is 6.88. The molecule has 2 aliphatic rings. The number of hydrogen-bond donors (Lipinski definition) is 2. The van der Waals surface area contributed by atoms with Gasteiger partial charge in [-0.1, -0.05) is 30.3 Å². The molecule has 2 fully saturated rings. The minimum absolute atomic E-state index is 0.0112. The van der Waals surface area contributed by atoms with Crippen LogP contribution in [-0.4, -0.2) is 51.8 Å². The number of carbonyl (C=O) groups excluding carboxylic acids is 1. The maximum absolute atomic E-state index is 13.3. The Hall–Kier alpha value is -2.31. The molecule has 130 valence electrons. The molecule has 6 heteroatoms. The number of aliphatic hydroxyl groups is 2. The quantitative estimate of drug-likeness (QED) is 0.885. The molecule has 2 N–H and O–H groups in total. The second kappa shape index (κ2) is 5.89. The first kappa shape index (κ1) is 16.2. The van der Waals surface area contributed by atoms with Gasteiger partial charge in [-0.2, -0.15) is 0 Å². The Bertz CT molecular complexity index is 800. The third-order valence-corrected chi connectivity index (χ3v) is 5.64. The molecule has 1 saturated heterocycles. The van der Waals surface area contributed by atoms with Crippen LogP contribution < -0.4 is 0 Å². The molecule has 1 aromatic carbocycles. The fourth-order valence-corrected chi connectivity index (χ4v) is 4.43. The normalized spacial score (nSPS) is 30.7. The van der Waals surface area contributed by atoms with Crippen LogP contribution in [0.2, 0.25) is 0 Å². The van der Waals surface area contributed by atoms with Crippen molar-refractivity contribution in [2.45, 2.75) is 12.0 Å². The van der Waals surface area contributed by atoms with Crippen molar-refractivity contribution in [1.29, 1.82) is 0 Å². The molecule has 1 saturated carbocycles. The van der Waals surface area contributed by atoms with Gasteiger partial charge in [0.1, 0.15) is 5.82 Å². The molecule has 4 rings (SSSR count). The number of benzene rings is 1. The molecule has 4 atom stereocenters. The van der Waals surface area contributed by atoms with E-state index in [1.807, 2.05) is 30.3 Å². The summed E-state index contributed by atoms with van der Waals surface area (Å²) >= 11 is 0. The monoisotopic (exact) mass is 342 g/mol. The molecule has 25 heavy (non-hydrogen) atoms. The number of halogens is 1. The zero-order valence-corrected chi connectivity index (χ0v) is 13.5. The number of aromatic nitrogens is 1. The number of β-amino-alcohol motifs (C(OH)–C–C–N with tert-alkyl or cyclic N) is 1. The first-order valence-electron chi connectivity index (χ1n) is 8.31. The minimum Gasteiger partial charge on any atom is -0.396 e. The van der Waals surface area contributed by atoms with E-state index in [1.165, 1.54) is 11.1 Å². The summed E-state index contributed by atoms with van der Waals surface area (Å²) in [6.07, 6.45) is 1.65. The number of hydrogen-bond acceptors (Lipinski definition) is 4. The van der Waals surface area contributed by atoms with Crippen molar-refractivity contribution < 1.29 is 19.4 Å². The average Bonchev–Trinajstić information content (AvgIpc) is 3.16. The Labute approximate surface area is 144 Å². The molecular formula is C19H19FN2O3. The van der Waals surface area contributed by atoms with Gasteiger partial charge in [0.15, 0.2) is 0 Å². The Kier molecular flexibility index (Phi) is 3.81. The van der Waals surface area contributed by atoms with Crippen molar-refractivity contribution >= 4 is 5.91 Å². The minimum atomic E-state index is -0.722. The second-order valence-electron chi connectivity index (χ2n) is 6.88. The number of pyridine rings is 1. The van der Waals surface area contributed by atoms with Gasteiger partial charge in [-0.15, -0.1) is 0 Å². The van der Waals surface area contributed by atoms with Gasteiger partial charge in [-0.3, -0.25) is 9.78 Å². The lowest BCUT2D eigenvalue weighted by molar-refractivity contribution is 0.0763. The van der Waals surface area contributed by atoms with Gasteiger partial charge in [0.25, 0.3) is 5.91 Å². The van der Waals surface area contributed by atoms with E-state index in [0.29, 0.717) is 6.54 Å². The van der Waals surface area contributed by atoms with Crippen molar-refractivity contribution in [3.8, 4) is 0 Å². The molecule has 1 aliphatic heterocycles. The molecule has 0 bridgehead atoms. The van der Waals surface area contributed by atoms with Gasteiger partial charge in [-0.25, -0.2) is 4.39 Å². The fraction of sp³-hybridized carbons (Fsp3) is 0.368. The summed E-state index contributed by atoms with van der Waals surface area (Å²) in [6, 6.07) is 10.9. The zero-order chi connectivity index (χ0) is 17.6. The number of amides is 1. The highest BCUT2D eigenvalue weighted by Crippen LogP contribution is 2.68. The lowest BCUT2D eigenvalue weighted by Gasteiger charge is -2.16. The van der Waals surface area contributed by atoms with Gasteiger partial charge in [0.05, 0.1) is 17.9 Å². The van der Waals surface area contributed by atoms with E-state index in [4.69, 9.17) is 0 Å². The summed E-state index contributed by atoms with van der Waals surface area (Å²) in [6.45, 7) is 0.476. The highest BCUT2D eigenvalue weighted by Gasteiger charge is 2.71. The third-order valence-electron chi connectivity index (χ3n) is 5.64. The fourth-order valence-electron chi connectivity index (χ4n) is 4.43. The van der Waals surface area contributed by atoms with Crippen molar-refractivity contribution in [3.05, 3.63) is 65.7 Å². The summed E-state index contributed by atoms with van der Waals surface area (Å²) in [5.41, 5.74) is 0.691. The summed E-state index contributed by atoms with van der Waals surface area (Å²) in [5.74, 6) is -0.995. The van der Waals surface area contributed by atoms with E-state index in [9.17, 15) is 19.4 Å². The van der Waals surface area contributed by atoms with E-state index >= 15 is 0 Å². The number of nitrogens with zero attached hydrogens (tertiary/aromatic N) is 2. The average molecular weight is 342 g/mol. The van der Waals surface area contributed by atoms with Crippen LogP contribution in [0.5, 0.6) is 0 Å². The summed E-state index contributed by atoms with van der Waals surface area (Å²) in [7, 11) is 0. The maximum Gasteiger partial charge on any atom is 0.255 e. The Morgan fingerprint density at radius 1 is 1.32 bits per heavy atom. The molecule has 2 heterocycles. The molecular weight excluding hydrogens is 323 g/mol. The first-order chi connectivity index (χ1) is 12.1. The van der Waals surface area contributed by atoms with Gasteiger partial charge in [-0.05, 0) is 23.5 Å². The van der Waals surface area contributed by atoms with Crippen LogP contribution in [0.15, 0.2) is 48.8 Å². The van der Waals surface area contributed by atoms with Crippen LogP contribution in [0, 0.1) is 17.2 Å². The van der Waals surface area contributed by atoms with Crippen LogP contribution in [0.4, 0.5) is 4.39 Å². The van der Waals surface area contributed by atoms with Crippen LogP contribution in [0.1, 0.15) is 21.8 Å². The van der Waals surface area contributed by atoms with Crippen LogP contribution in [0.25, 0.3) is 0 Å². The number of carbonyl (C=O) groups is 1. The van der Waals surface area contributed by atoms with Gasteiger partial charge >= 0.3 is 0 Å². The van der Waals surface area contributed by atoms with Gasteiger partial charge in [0, 0.05) is 31.3 Å². The Morgan fingerprint density at radius 2 is 2.08 bits per heavy atom. The summed E-state index contributed by atoms with van der Waals surface area (Å²) in [4.78, 5) is 17.9. The number of likely N-dealkylation sites (tertiary alicyclic amines) is 1. The molecule has 1 amide bonds. The van der Waals surface area contributed by atoms with E-state index in [2.05, 4.69) is 4.98 Å². The smallest absolute Gasteiger partial charge is 0.255 e. The standard InChI is InChI=1S/C19H19FN2O3/c20-14-6-13(7-21-8-14)18(25)22-9-16(24)19(11-22)15(10-23)17(19)12-4-2-1-3-5-12/h1-8,15-17,23-24H,9-11H2/t15-,16-,17-,19-/m1/s1. The lowest BCUT2D eigenvalue weighted by atomic mass is 9.95. The van der Waals surface area contributed by atoms with E-state index < -0.39 is 17.3 Å². The third kappa shape index (κ3) is 2.44. The Balaban J connectivity index is 1.60. The summed E-state index contributed by atoms with van der Waals surface area (Å²) < 4.78 is 13.3.